The van der Waals surface area contributed by atoms with Crippen molar-refractivity contribution in [3.8, 4) is 0 Å². The van der Waals surface area contributed by atoms with Crippen molar-refractivity contribution in [1.29, 1.82) is 0 Å². The van der Waals surface area contributed by atoms with Crippen LogP contribution in [0.1, 0.15) is 25.7 Å². The van der Waals surface area contributed by atoms with Crippen molar-refractivity contribution >= 4 is 16.1 Å². The fourth-order valence-electron chi connectivity index (χ4n) is 2.04. The zero-order valence-corrected chi connectivity index (χ0v) is 12.8. The minimum absolute atomic E-state index is 0. The summed E-state index contributed by atoms with van der Waals surface area (Å²) in [6.45, 7) is 0. The van der Waals surface area contributed by atoms with Gasteiger partial charge in [0.15, 0.2) is 0 Å². The molecule has 0 aromatic carbocycles. The molecule has 6 nitrogen and oxygen atoms in total. The monoisotopic (exact) mass is 274 g/mol. The van der Waals surface area contributed by atoms with Gasteiger partial charge in [-0.2, -0.15) is 0 Å². The second kappa shape index (κ2) is 7.06. The van der Waals surface area contributed by atoms with Gasteiger partial charge in [0, 0.05) is 5.44 Å². The smallest absolute Gasteiger partial charge is 0.838 e. The van der Waals surface area contributed by atoms with E-state index in [1.807, 2.05) is 0 Å². The van der Waals surface area contributed by atoms with Crippen LogP contribution in [0, 0.1) is 11.8 Å². The Morgan fingerprint density at radius 1 is 1.35 bits per heavy atom. The number of rotatable bonds is 3. The van der Waals surface area contributed by atoms with E-state index in [4.69, 9.17) is 4.55 Å². The molecule has 0 amide bonds. The van der Waals surface area contributed by atoms with E-state index in [-0.39, 0.29) is 41.4 Å². The zero-order valence-electron chi connectivity index (χ0n) is 9.96. The summed E-state index contributed by atoms with van der Waals surface area (Å²) in [6, 6.07) is 0. The standard InChI is InChI=1S/C9H15O6S.Na/c1-15-8(10)6-2-4-7(5-3-6)9(11)16(12,13)14;/h6-7,9H,2-5H2,1H3,(H,12,13,14);/q-1;+1. The van der Waals surface area contributed by atoms with Crippen molar-refractivity contribution in [3.63, 3.8) is 0 Å². The molecule has 1 atom stereocenters. The number of hydrogen-bond acceptors (Lipinski definition) is 5. The Morgan fingerprint density at radius 2 is 1.82 bits per heavy atom. The molecular formula is C9H15NaO6S. The fraction of sp³-hybridized carbons (Fsp3) is 0.889. The molecule has 17 heavy (non-hydrogen) atoms. The molecule has 0 heterocycles. The van der Waals surface area contributed by atoms with Gasteiger partial charge in [-0.3, -0.25) is 9.35 Å². The third-order valence-electron chi connectivity index (χ3n) is 2.98. The van der Waals surface area contributed by atoms with Crippen molar-refractivity contribution in [2.75, 3.05) is 7.11 Å². The molecule has 1 rings (SSSR count). The van der Waals surface area contributed by atoms with Crippen molar-refractivity contribution in [3.05, 3.63) is 0 Å². The summed E-state index contributed by atoms with van der Waals surface area (Å²) < 4.78 is 34.5. The molecule has 0 aromatic rings. The molecule has 1 fully saturated rings. The van der Waals surface area contributed by atoms with Gasteiger partial charge in [0.05, 0.1) is 13.0 Å². The van der Waals surface area contributed by atoms with Crippen molar-refractivity contribution in [2.24, 2.45) is 11.8 Å². The molecule has 0 bridgehead atoms. The van der Waals surface area contributed by atoms with E-state index in [9.17, 15) is 18.3 Å². The van der Waals surface area contributed by atoms with E-state index in [2.05, 4.69) is 4.74 Å². The largest absolute Gasteiger partial charge is 1.00 e. The van der Waals surface area contributed by atoms with Crippen LogP contribution in [0.15, 0.2) is 0 Å². The first-order chi connectivity index (χ1) is 7.36. The second-order valence-corrected chi connectivity index (χ2v) is 5.51. The quantitative estimate of drug-likeness (QED) is 0.326. The van der Waals surface area contributed by atoms with E-state index in [0.717, 1.165) is 0 Å². The molecule has 1 aliphatic rings. The molecule has 0 spiro atoms. The average Bonchev–Trinajstić information content (AvgIpc) is 2.26. The Balaban J connectivity index is 0.00000256. The van der Waals surface area contributed by atoms with Crippen LogP contribution in [0.5, 0.6) is 0 Å². The molecule has 0 saturated heterocycles. The molecule has 0 aliphatic heterocycles. The van der Waals surface area contributed by atoms with Gasteiger partial charge < -0.3 is 9.84 Å². The predicted molar refractivity (Wildman–Crippen MR) is 52.8 cm³/mol. The Morgan fingerprint density at radius 3 is 2.18 bits per heavy atom. The summed E-state index contributed by atoms with van der Waals surface area (Å²) in [5, 5.41) is 11.3. The minimum Gasteiger partial charge on any atom is -0.838 e. The number of ether oxygens (including phenoxy) is 1. The van der Waals surface area contributed by atoms with Crippen LogP contribution < -0.4 is 34.7 Å². The molecular weight excluding hydrogens is 259 g/mol. The van der Waals surface area contributed by atoms with Gasteiger partial charge in [-0.25, -0.2) is 8.42 Å². The van der Waals surface area contributed by atoms with Gasteiger partial charge >= 0.3 is 35.5 Å². The topological polar surface area (TPSA) is 104 Å². The summed E-state index contributed by atoms with van der Waals surface area (Å²) in [5.41, 5.74) is -1.99. The minimum atomic E-state index is -4.52. The summed E-state index contributed by atoms with van der Waals surface area (Å²) in [7, 11) is -3.22. The molecule has 0 aromatic heterocycles. The average molecular weight is 274 g/mol. The maximum absolute atomic E-state index is 11.3. The summed E-state index contributed by atoms with van der Waals surface area (Å²) in [5.74, 6) is -1.20. The fourth-order valence-corrected chi connectivity index (χ4v) is 2.80. The van der Waals surface area contributed by atoms with Gasteiger partial charge in [0.1, 0.15) is 0 Å². The normalized spacial score (nSPS) is 26.8. The molecule has 1 unspecified atom stereocenters. The van der Waals surface area contributed by atoms with Gasteiger partial charge in [-0.05, 0) is 31.6 Å². The van der Waals surface area contributed by atoms with Crippen LogP contribution in [0.3, 0.4) is 0 Å². The molecule has 94 valence electrons. The van der Waals surface area contributed by atoms with Crippen LogP contribution in [0.25, 0.3) is 0 Å². The van der Waals surface area contributed by atoms with Crippen molar-refractivity contribution < 1.29 is 57.2 Å². The molecule has 1 saturated carbocycles. The van der Waals surface area contributed by atoms with E-state index in [1.165, 1.54) is 7.11 Å². The summed E-state index contributed by atoms with van der Waals surface area (Å²) >= 11 is 0. The third-order valence-corrected chi connectivity index (χ3v) is 3.96. The maximum Gasteiger partial charge on any atom is 1.00 e. The first-order valence-corrected chi connectivity index (χ1v) is 6.56. The Bertz CT molecular complexity index is 346. The number of carbonyl (C=O) groups excluding carboxylic acids is 1. The van der Waals surface area contributed by atoms with Crippen LogP contribution in [-0.4, -0.2) is 31.5 Å². The van der Waals surface area contributed by atoms with E-state index in [0.29, 0.717) is 25.7 Å². The predicted octanol–water partition coefficient (Wildman–Crippen LogP) is -3.46. The Kier molecular flexibility index (Phi) is 7.20. The summed E-state index contributed by atoms with van der Waals surface area (Å²) in [6.07, 6.45) is 1.53. The van der Waals surface area contributed by atoms with E-state index >= 15 is 0 Å². The van der Waals surface area contributed by atoms with E-state index in [1.54, 1.807) is 0 Å². The number of methoxy groups -OCH3 is 1. The van der Waals surface area contributed by atoms with Gasteiger partial charge in [0.2, 0.25) is 0 Å². The van der Waals surface area contributed by atoms with Crippen molar-refractivity contribution in [1.82, 2.24) is 0 Å². The number of esters is 1. The Labute approximate surface area is 123 Å². The first-order valence-electron chi connectivity index (χ1n) is 5.06. The van der Waals surface area contributed by atoms with Crippen LogP contribution in [-0.2, 0) is 19.6 Å². The van der Waals surface area contributed by atoms with Crippen LogP contribution in [0.4, 0.5) is 0 Å². The Hall–Kier alpha value is 0.340. The number of carbonyl (C=O) groups is 1. The number of hydrogen-bond donors (Lipinski definition) is 1. The maximum atomic E-state index is 11.3. The van der Waals surface area contributed by atoms with E-state index < -0.39 is 21.5 Å². The van der Waals surface area contributed by atoms with Gasteiger partial charge in [0.25, 0.3) is 10.1 Å². The molecule has 1 aliphatic carbocycles. The SMILES string of the molecule is COC(=O)C1CCC(C([O-])S(=O)(=O)O)CC1.[Na+]. The zero-order chi connectivity index (χ0) is 12.3. The molecule has 0 radical (unpaired) electrons. The third kappa shape index (κ3) is 4.84. The van der Waals surface area contributed by atoms with Crippen molar-refractivity contribution in [2.45, 2.75) is 31.1 Å². The second-order valence-electron chi connectivity index (χ2n) is 4.02. The van der Waals surface area contributed by atoms with Crippen LogP contribution >= 0.6 is 0 Å². The molecule has 1 N–H and O–H groups in total. The van der Waals surface area contributed by atoms with Crippen LogP contribution in [0.2, 0.25) is 0 Å². The molecule has 8 heteroatoms. The first kappa shape index (κ1) is 17.3. The summed E-state index contributed by atoms with van der Waals surface area (Å²) in [4.78, 5) is 11.2. The van der Waals surface area contributed by atoms with Gasteiger partial charge in [-0.15, -0.1) is 0 Å². The van der Waals surface area contributed by atoms with Gasteiger partial charge in [-0.1, -0.05) is 0 Å².